The maximum atomic E-state index is 6.45. The Kier molecular flexibility index (Phi) is 4.34. The second-order valence-electron chi connectivity index (χ2n) is 8.11. The molecule has 5 heteroatoms. The molecule has 3 aliphatic heterocycles. The van der Waals surface area contributed by atoms with E-state index in [4.69, 9.17) is 19.3 Å². The number of para-hydroxylation sites is 1. The van der Waals surface area contributed by atoms with Crippen molar-refractivity contribution < 1.29 is 14.2 Å². The van der Waals surface area contributed by atoms with Crippen LogP contribution in [0.1, 0.15) is 47.9 Å². The van der Waals surface area contributed by atoms with Gasteiger partial charge < -0.3 is 14.2 Å². The predicted molar refractivity (Wildman–Crippen MR) is 119 cm³/mol. The SMILES string of the molecule is CCc1ccc([C@H]2Oc3ccccc3[C@H]3CC(c4ccc5c(c4)OCCO5)=NN32)cc1. The van der Waals surface area contributed by atoms with Gasteiger partial charge in [-0.1, -0.05) is 49.4 Å². The Hall–Kier alpha value is -3.47. The standard InChI is InChI=1S/C26H24N2O3/c1-2-17-7-9-18(10-8-17)26-28-22(20-5-3-4-6-23(20)31-26)16-21(27-28)19-11-12-24-25(15-19)30-14-13-29-24/h3-12,15,22,26H,2,13-14,16H2,1H3/t22-,26-/m1/s1. The van der Waals surface area contributed by atoms with Gasteiger partial charge in [-0.05, 0) is 36.2 Å². The molecule has 5 nitrogen and oxygen atoms in total. The van der Waals surface area contributed by atoms with Crippen molar-refractivity contribution in [1.82, 2.24) is 5.01 Å². The summed E-state index contributed by atoms with van der Waals surface area (Å²) in [6.45, 7) is 3.34. The molecule has 3 heterocycles. The molecule has 0 N–H and O–H groups in total. The first-order valence-electron chi connectivity index (χ1n) is 10.9. The Morgan fingerprint density at radius 2 is 1.71 bits per heavy atom. The summed E-state index contributed by atoms with van der Waals surface area (Å²) in [6, 6.07) is 23.2. The summed E-state index contributed by atoms with van der Waals surface area (Å²) < 4.78 is 17.9. The fraction of sp³-hybridized carbons (Fsp3) is 0.269. The fourth-order valence-corrected chi connectivity index (χ4v) is 4.57. The van der Waals surface area contributed by atoms with Crippen LogP contribution in [0.15, 0.2) is 71.8 Å². The Balaban J connectivity index is 1.40. The van der Waals surface area contributed by atoms with Gasteiger partial charge in [0, 0.05) is 23.1 Å². The molecule has 0 spiro atoms. The highest BCUT2D eigenvalue weighted by molar-refractivity contribution is 6.02. The van der Waals surface area contributed by atoms with Crippen molar-refractivity contribution in [1.29, 1.82) is 0 Å². The molecule has 0 unspecified atom stereocenters. The van der Waals surface area contributed by atoms with E-state index in [0.29, 0.717) is 13.2 Å². The largest absolute Gasteiger partial charge is 0.486 e. The lowest BCUT2D eigenvalue weighted by molar-refractivity contribution is -0.0190. The van der Waals surface area contributed by atoms with Crippen LogP contribution in [0.5, 0.6) is 17.2 Å². The third-order valence-corrected chi connectivity index (χ3v) is 6.25. The molecule has 6 rings (SSSR count). The average Bonchev–Trinajstić information content (AvgIpc) is 3.29. The van der Waals surface area contributed by atoms with Gasteiger partial charge in [-0.3, -0.25) is 0 Å². The molecular formula is C26H24N2O3. The maximum Gasteiger partial charge on any atom is 0.213 e. The molecule has 2 atom stereocenters. The zero-order valence-corrected chi connectivity index (χ0v) is 17.5. The molecule has 0 saturated heterocycles. The molecule has 3 aromatic rings. The number of ether oxygens (including phenoxy) is 3. The van der Waals surface area contributed by atoms with E-state index >= 15 is 0 Å². The van der Waals surface area contributed by atoms with Crippen molar-refractivity contribution in [2.75, 3.05) is 13.2 Å². The summed E-state index contributed by atoms with van der Waals surface area (Å²) in [4.78, 5) is 0. The second kappa shape index (κ2) is 7.34. The highest BCUT2D eigenvalue weighted by atomic mass is 16.6. The molecular weight excluding hydrogens is 388 g/mol. The molecule has 3 aliphatic rings. The highest BCUT2D eigenvalue weighted by Crippen LogP contribution is 2.47. The van der Waals surface area contributed by atoms with Crippen LogP contribution in [-0.4, -0.2) is 23.9 Å². The van der Waals surface area contributed by atoms with Crippen LogP contribution >= 0.6 is 0 Å². The average molecular weight is 412 g/mol. The minimum Gasteiger partial charge on any atom is -0.486 e. The monoisotopic (exact) mass is 412 g/mol. The predicted octanol–water partition coefficient (Wildman–Crippen LogP) is 5.26. The van der Waals surface area contributed by atoms with Gasteiger partial charge in [0.1, 0.15) is 19.0 Å². The van der Waals surface area contributed by atoms with Gasteiger partial charge >= 0.3 is 0 Å². The Morgan fingerprint density at radius 3 is 2.55 bits per heavy atom. The molecule has 0 aliphatic carbocycles. The lowest BCUT2D eigenvalue weighted by Gasteiger charge is -2.38. The molecule has 0 bridgehead atoms. The van der Waals surface area contributed by atoms with E-state index in [1.807, 2.05) is 18.2 Å². The van der Waals surface area contributed by atoms with Gasteiger partial charge in [-0.15, -0.1) is 0 Å². The van der Waals surface area contributed by atoms with Crippen LogP contribution in [0.25, 0.3) is 0 Å². The molecule has 0 fully saturated rings. The van der Waals surface area contributed by atoms with E-state index in [2.05, 4.69) is 60.5 Å². The van der Waals surface area contributed by atoms with Crippen molar-refractivity contribution in [3.63, 3.8) is 0 Å². The first kappa shape index (κ1) is 18.3. The molecule has 31 heavy (non-hydrogen) atoms. The normalized spacial score (nSPS) is 21.1. The summed E-state index contributed by atoms with van der Waals surface area (Å²) in [6.07, 6.45) is 1.59. The van der Waals surface area contributed by atoms with Gasteiger partial charge in [0.25, 0.3) is 0 Å². The number of rotatable bonds is 3. The van der Waals surface area contributed by atoms with Crippen molar-refractivity contribution in [3.8, 4) is 17.2 Å². The van der Waals surface area contributed by atoms with Crippen LogP contribution in [0.3, 0.4) is 0 Å². The van der Waals surface area contributed by atoms with Gasteiger partial charge in [0.2, 0.25) is 6.23 Å². The van der Waals surface area contributed by atoms with Crippen LogP contribution in [0.2, 0.25) is 0 Å². The minimum atomic E-state index is -0.250. The molecule has 0 amide bonds. The Morgan fingerprint density at radius 1 is 0.903 bits per heavy atom. The van der Waals surface area contributed by atoms with E-state index in [1.54, 1.807) is 0 Å². The van der Waals surface area contributed by atoms with Gasteiger partial charge in [0.15, 0.2) is 11.5 Å². The molecule has 0 saturated carbocycles. The lowest BCUT2D eigenvalue weighted by atomic mass is 9.95. The van der Waals surface area contributed by atoms with E-state index in [-0.39, 0.29) is 12.3 Å². The second-order valence-corrected chi connectivity index (χ2v) is 8.11. The third kappa shape index (κ3) is 3.12. The number of hydrogen-bond acceptors (Lipinski definition) is 5. The first-order valence-corrected chi connectivity index (χ1v) is 10.9. The van der Waals surface area contributed by atoms with Crippen molar-refractivity contribution in [2.24, 2.45) is 5.10 Å². The van der Waals surface area contributed by atoms with Crippen LogP contribution in [0.4, 0.5) is 0 Å². The van der Waals surface area contributed by atoms with Gasteiger partial charge in [0.05, 0.1) is 11.8 Å². The van der Waals surface area contributed by atoms with Crippen LogP contribution in [-0.2, 0) is 6.42 Å². The Labute approximate surface area is 181 Å². The van der Waals surface area contributed by atoms with E-state index in [0.717, 1.165) is 46.9 Å². The molecule has 3 aromatic carbocycles. The zero-order chi connectivity index (χ0) is 20.8. The molecule has 0 radical (unpaired) electrons. The number of fused-ring (bicyclic) bond motifs is 4. The maximum absolute atomic E-state index is 6.45. The van der Waals surface area contributed by atoms with Crippen LogP contribution < -0.4 is 14.2 Å². The summed E-state index contributed by atoms with van der Waals surface area (Å²) in [5.74, 6) is 2.53. The quantitative estimate of drug-likeness (QED) is 0.588. The lowest BCUT2D eigenvalue weighted by Crippen LogP contribution is -2.33. The van der Waals surface area contributed by atoms with E-state index in [9.17, 15) is 0 Å². The number of aryl methyl sites for hydroxylation is 1. The van der Waals surface area contributed by atoms with E-state index in [1.165, 1.54) is 11.1 Å². The Bertz CT molecular complexity index is 1160. The summed E-state index contributed by atoms with van der Waals surface area (Å²) >= 11 is 0. The molecule has 0 aromatic heterocycles. The number of hydrogen-bond donors (Lipinski definition) is 0. The third-order valence-electron chi connectivity index (χ3n) is 6.25. The minimum absolute atomic E-state index is 0.143. The first-order chi connectivity index (χ1) is 15.3. The van der Waals surface area contributed by atoms with Crippen molar-refractivity contribution >= 4 is 5.71 Å². The van der Waals surface area contributed by atoms with Crippen LogP contribution in [0, 0.1) is 0 Å². The number of hydrazone groups is 1. The number of benzene rings is 3. The highest BCUT2D eigenvalue weighted by Gasteiger charge is 2.41. The van der Waals surface area contributed by atoms with Crippen molar-refractivity contribution in [3.05, 3.63) is 89.0 Å². The summed E-state index contributed by atoms with van der Waals surface area (Å²) in [7, 11) is 0. The number of nitrogens with zero attached hydrogens (tertiary/aromatic N) is 2. The summed E-state index contributed by atoms with van der Waals surface area (Å²) in [5, 5.41) is 7.18. The topological polar surface area (TPSA) is 43.3 Å². The van der Waals surface area contributed by atoms with Gasteiger partial charge in [-0.2, -0.15) is 5.10 Å². The van der Waals surface area contributed by atoms with E-state index < -0.39 is 0 Å². The smallest absolute Gasteiger partial charge is 0.213 e. The fourth-order valence-electron chi connectivity index (χ4n) is 4.57. The molecule has 156 valence electrons. The van der Waals surface area contributed by atoms with Gasteiger partial charge in [-0.25, -0.2) is 5.01 Å². The summed E-state index contributed by atoms with van der Waals surface area (Å²) in [5.41, 5.74) is 5.72. The zero-order valence-electron chi connectivity index (χ0n) is 17.5. The van der Waals surface area contributed by atoms with Crippen molar-refractivity contribution in [2.45, 2.75) is 32.0 Å².